The first-order chi connectivity index (χ1) is 17.5. The number of hydrogen-bond donors (Lipinski definition) is 2. The highest BCUT2D eigenvalue weighted by atomic mass is 16.5. The van der Waals surface area contributed by atoms with Crippen LogP contribution in [0.25, 0.3) is 0 Å². The van der Waals surface area contributed by atoms with Gasteiger partial charge in [0.25, 0.3) is 11.8 Å². The zero-order valence-corrected chi connectivity index (χ0v) is 19.9. The summed E-state index contributed by atoms with van der Waals surface area (Å²) in [6.07, 6.45) is 4.36. The van der Waals surface area contributed by atoms with Gasteiger partial charge < -0.3 is 19.1 Å². The van der Waals surface area contributed by atoms with Crippen molar-refractivity contribution in [2.45, 2.75) is 37.3 Å². The van der Waals surface area contributed by atoms with Crippen molar-refractivity contribution in [3.8, 4) is 11.6 Å². The number of carbonyl (C=O) groups excluding carboxylic acids is 3. The summed E-state index contributed by atoms with van der Waals surface area (Å²) in [5, 5.41) is 4.41. The number of methoxy groups -OCH3 is 1. The van der Waals surface area contributed by atoms with Crippen LogP contribution < -0.4 is 20.3 Å². The zero-order chi connectivity index (χ0) is 25.1. The molecule has 2 fully saturated rings. The fourth-order valence-corrected chi connectivity index (χ4v) is 4.75. The molecule has 0 radical (unpaired) electrons. The number of pyridine rings is 1. The first-order valence-corrected chi connectivity index (χ1v) is 11.9. The predicted molar refractivity (Wildman–Crippen MR) is 129 cm³/mol. The molecule has 11 heteroatoms. The number of imide groups is 2. The summed E-state index contributed by atoms with van der Waals surface area (Å²) in [5.41, 5.74) is 0.00904. The molecule has 36 heavy (non-hydrogen) atoms. The minimum absolute atomic E-state index is 0.148. The van der Waals surface area contributed by atoms with E-state index < -0.39 is 23.4 Å². The molecule has 0 aliphatic carbocycles. The van der Waals surface area contributed by atoms with Gasteiger partial charge in [0, 0.05) is 31.9 Å². The van der Waals surface area contributed by atoms with Crippen LogP contribution in [0.2, 0.25) is 0 Å². The molecule has 0 saturated carbocycles. The molecule has 1 atom stereocenters. The van der Waals surface area contributed by atoms with Crippen molar-refractivity contribution in [3.63, 3.8) is 0 Å². The van der Waals surface area contributed by atoms with E-state index in [9.17, 15) is 14.4 Å². The molecule has 2 aromatic rings. The Kier molecular flexibility index (Phi) is 6.55. The van der Waals surface area contributed by atoms with E-state index in [-0.39, 0.29) is 6.04 Å². The van der Waals surface area contributed by atoms with E-state index in [1.807, 2.05) is 24.3 Å². The number of rotatable bonds is 8. The van der Waals surface area contributed by atoms with Crippen LogP contribution in [-0.2, 0) is 19.1 Å². The van der Waals surface area contributed by atoms with Crippen molar-refractivity contribution in [1.29, 1.82) is 0 Å². The standard InChI is InChI=1S/C25H27N5O6/c1-34-13-2-4-17-15-35-21(27-17)16-5-8-19(9-6-16)36-20-10-7-18(14-26-20)30-12-3-11-25(30)22(31)28-24(33)29-23(25)32/h5-10,14,17H,2-4,11-13,15H2,1H3,(H2,28,29,31,32,33). The number of ether oxygens (including phenoxy) is 3. The van der Waals surface area contributed by atoms with Crippen molar-refractivity contribution >= 4 is 29.4 Å². The van der Waals surface area contributed by atoms with Gasteiger partial charge in [-0.1, -0.05) is 0 Å². The van der Waals surface area contributed by atoms with E-state index in [4.69, 9.17) is 14.2 Å². The molecule has 3 aliphatic rings. The van der Waals surface area contributed by atoms with E-state index in [0.29, 0.717) is 55.8 Å². The molecule has 4 heterocycles. The van der Waals surface area contributed by atoms with Gasteiger partial charge in [-0.2, -0.15) is 0 Å². The molecule has 188 valence electrons. The Bertz CT molecular complexity index is 1160. The second-order valence-corrected chi connectivity index (χ2v) is 8.87. The Hall–Kier alpha value is -3.99. The number of barbiturate groups is 1. The fourth-order valence-electron chi connectivity index (χ4n) is 4.75. The number of hydrogen-bond acceptors (Lipinski definition) is 9. The summed E-state index contributed by atoms with van der Waals surface area (Å²) < 4.78 is 16.7. The van der Waals surface area contributed by atoms with Gasteiger partial charge in [0.2, 0.25) is 11.8 Å². The largest absolute Gasteiger partial charge is 0.475 e. The summed E-state index contributed by atoms with van der Waals surface area (Å²) in [7, 11) is 1.69. The first kappa shape index (κ1) is 23.7. The maximum atomic E-state index is 12.6. The van der Waals surface area contributed by atoms with Crippen molar-refractivity contribution in [2.24, 2.45) is 4.99 Å². The topological polar surface area (TPSA) is 131 Å². The maximum Gasteiger partial charge on any atom is 0.328 e. The Morgan fingerprint density at radius 3 is 2.58 bits per heavy atom. The van der Waals surface area contributed by atoms with Gasteiger partial charge in [0.05, 0.1) is 17.9 Å². The van der Waals surface area contributed by atoms with Gasteiger partial charge in [-0.25, -0.2) is 14.8 Å². The number of aromatic nitrogens is 1. The normalized spacial score (nSPS) is 20.7. The lowest BCUT2D eigenvalue weighted by atomic mass is 9.92. The van der Waals surface area contributed by atoms with Crippen LogP contribution in [0, 0.1) is 0 Å². The molecule has 1 unspecified atom stereocenters. The second-order valence-electron chi connectivity index (χ2n) is 8.87. The molecule has 3 aliphatic heterocycles. The van der Waals surface area contributed by atoms with E-state index in [1.165, 1.54) is 0 Å². The average Bonchev–Trinajstić information content (AvgIpc) is 3.53. The molecular formula is C25H27N5O6. The first-order valence-electron chi connectivity index (χ1n) is 11.9. The quantitative estimate of drug-likeness (QED) is 0.422. The smallest absolute Gasteiger partial charge is 0.328 e. The third-order valence-electron chi connectivity index (χ3n) is 6.54. The molecule has 4 amide bonds. The predicted octanol–water partition coefficient (Wildman–Crippen LogP) is 2.15. The third kappa shape index (κ3) is 4.49. The monoisotopic (exact) mass is 493 g/mol. The third-order valence-corrected chi connectivity index (χ3v) is 6.54. The van der Waals surface area contributed by atoms with E-state index in [2.05, 4.69) is 20.6 Å². The molecule has 2 N–H and O–H groups in total. The number of benzene rings is 1. The Labute approximate surface area is 207 Å². The van der Waals surface area contributed by atoms with Crippen LogP contribution in [0.15, 0.2) is 47.6 Å². The lowest BCUT2D eigenvalue weighted by molar-refractivity contribution is -0.137. The van der Waals surface area contributed by atoms with E-state index in [1.54, 1.807) is 30.3 Å². The number of anilines is 1. The summed E-state index contributed by atoms with van der Waals surface area (Å²) in [4.78, 5) is 47.5. The van der Waals surface area contributed by atoms with Crippen molar-refractivity contribution < 1.29 is 28.6 Å². The van der Waals surface area contributed by atoms with Gasteiger partial charge in [-0.05, 0) is 56.0 Å². The summed E-state index contributed by atoms with van der Waals surface area (Å²) in [6.45, 7) is 1.77. The van der Waals surface area contributed by atoms with Crippen LogP contribution in [-0.4, -0.2) is 67.2 Å². The summed E-state index contributed by atoms with van der Waals surface area (Å²) in [5.74, 6) is 0.345. The maximum absolute atomic E-state index is 12.6. The van der Waals surface area contributed by atoms with Gasteiger partial charge in [0.15, 0.2) is 5.54 Å². The molecule has 0 bridgehead atoms. The molecule has 1 aromatic carbocycles. The zero-order valence-electron chi connectivity index (χ0n) is 19.9. The van der Waals surface area contributed by atoms with Crippen LogP contribution in [0.1, 0.15) is 31.2 Å². The number of nitrogens with zero attached hydrogens (tertiary/aromatic N) is 3. The number of carbonyl (C=O) groups is 3. The van der Waals surface area contributed by atoms with Crippen molar-refractivity contribution in [3.05, 3.63) is 48.2 Å². The van der Waals surface area contributed by atoms with Crippen LogP contribution >= 0.6 is 0 Å². The van der Waals surface area contributed by atoms with Gasteiger partial charge in [0.1, 0.15) is 12.4 Å². The van der Waals surface area contributed by atoms with Crippen LogP contribution in [0.5, 0.6) is 11.6 Å². The molecule has 2 saturated heterocycles. The molecule has 5 rings (SSSR count). The molecule has 1 aromatic heterocycles. The highest BCUT2D eigenvalue weighted by molar-refractivity contribution is 6.24. The molecule has 1 spiro atoms. The fraction of sp³-hybridized carbons (Fsp3) is 0.400. The number of nitrogens with one attached hydrogen (secondary N) is 2. The Balaban J connectivity index is 1.24. The van der Waals surface area contributed by atoms with Crippen molar-refractivity contribution in [2.75, 3.05) is 31.8 Å². The Morgan fingerprint density at radius 2 is 1.89 bits per heavy atom. The lowest BCUT2D eigenvalue weighted by Crippen LogP contribution is -2.71. The second kappa shape index (κ2) is 9.94. The Morgan fingerprint density at radius 1 is 1.11 bits per heavy atom. The lowest BCUT2D eigenvalue weighted by Gasteiger charge is -2.38. The highest BCUT2D eigenvalue weighted by Crippen LogP contribution is 2.36. The minimum atomic E-state index is -1.46. The highest BCUT2D eigenvalue weighted by Gasteiger charge is 2.57. The number of aliphatic imine (C=N–C) groups is 1. The van der Waals surface area contributed by atoms with Crippen LogP contribution in [0.4, 0.5) is 10.5 Å². The number of amides is 4. The van der Waals surface area contributed by atoms with E-state index in [0.717, 1.165) is 18.4 Å². The summed E-state index contributed by atoms with van der Waals surface area (Å²) >= 11 is 0. The number of urea groups is 1. The summed E-state index contributed by atoms with van der Waals surface area (Å²) in [6, 6.07) is 10.2. The SMILES string of the molecule is COCCCC1COC(c2ccc(Oc3ccc(N4CCCC45C(=O)NC(=O)NC5=O)cn3)cc2)=N1. The van der Waals surface area contributed by atoms with Gasteiger partial charge in [-0.15, -0.1) is 0 Å². The molecule has 11 nitrogen and oxygen atoms in total. The molecular weight excluding hydrogens is 466 g/mol. The van der Waals surface area contributed by atoms with Gasteiger partial charge in [-0.3, -0.25) is 20.2 Å². The minimum Gasteiger partial charge on any atom is -0.475 e. The van der Waals surface area contributed by atoms with Crippen LogP contribution in [0.3, 0.4) is 0 Å². The van der Waals surface area contributed by atoms with Crippen molar-refractivity contribution in [1.82, 2.24) is 15.6 Å². The van der Waals surface area contributed by atoms with Gasteiger partial charge >= 0.3 is 6.03 Å². The van der Waals surface area contributed by atoms with E-state index >= 15 is 0 Å². The average molecular weight is 494 g/mol.